The van der Waals surface area contributed by atoms with Gasteiger partial charge in [0.05, 0.1) is 18.2 Å². The number of halogens is 1. The molecule has 41 heavy (non-hydrogen) atoms. The van der Waals surface area contributed by atoms with Crippen molar-refractivity contribution in [2.45, 2.75) is 77.4 Å². The number of amides is 2. The van der Waals surface area contributed by atoms with Crippen LogP contribution in [-0.4, -0.2) is 36.1 Å². The van der Waals surface area contributed by atoms with E-state index in [0.29, 0.717) is 30.1 Å². The Morgan fingerprint density at radius 1 is 0.878 bits per heavy atom. The maximum Gasteiger partial charge on any atom is 0.247 e. The highest BCUT2D eigenvalue weighted by Crippen LogP contribution is 2.26. The Morgan fingerprint density at radius 2 is 1.49 bits per heavy atom. The molecule has 0 fully saturated rings. The van der Waals surface area contributed by atoms with E-state index in [-0.39, 0.29) is 30.0 Å². The highest BCUT2D eigenvalue weighted by atomic mass is 35.5. The molecule has 0 unspecified atom stereocenters. The molecule has 0 saturated carbocycles. The Labute approximate surface area is 248 Å². The van der Waals surface area contributed by atoms with E-state index in [4.69, 9.17) is 16.3 Å². The molecule has 6 nitrogen and oxygen atoms in total. The molecule has 0 saturated heterocycles. The lowest BCUT2D eigenvalue weighted by molar-refractivity contribution is -0.121. The third-order valence-corrected chi connectivity index (χ3v) is 7.76. The van der Waals surface area contributed by atoms with Crippen LogP contribution in [0.3, 0.4) is 0 Å². The van der Waals surface area contributed by atoms with Crippen LogP contribution in [0.1, 0.15) is 51.2 Å². The van der Waals surface area contributed by atoms with Crippen molar-refractivity contribution in [3.05, 3.63) is 107 Å². The van der Waals surface area contributed by atoms with Crippen molar-refractivity contribution in [3.63, 3.8) is 0 Å². The molecule has 2 amide bonds. The van der Waals surface area contributed by atoms with Crippen LogP contribution in [0.4, 0.5) is 0 Å². The molecule has 0 heterocycles. The lowest BCUT2D eigenvalue weighted by Crippen LogP contribution is -2.58. The SMILES string of the molecule is CCC(CC)O[C@@H]1C=C(C(=O)NCc2ccc(Cl)cc2)C[C@H](NCc2ccc(-c3ccccc3)cc2)[C@H]1NC(C)=O. The van der Waals surface area contributed by atoms with Gasteiger partial charge in [-0.3, -0.25) is 9.59 Å². The van der Waals surface area contributed by atoms with Crippen LogP contribution in [0.25, 0.3) is 11.1 Å². The van der Waals surface area contributed by atoms with Crippen LogP contribution in [0.15, 0.2) is 90.5 Å². The van der Waals surface area contributed by atoms with Crippen LogP contribution in [0.5, 0.6) is 0 Å². The van der Waals surface area contributed by atoms with E-state index in [1.165, 1.54) is 12.5 Å². The third-order valence-electron chi connectivity index (χ3n) is 7.51. The summed E-state index contributed by atoms with van der Waals surface area (Å²) in [5, 5.41) is 10.4. The number of hydrogen-bond acceptors (Lipinski definition) is 4. The molecular formula is C34H40ClN3O3. The van der Waals surface area contributed by atoms with Gasteiger partial charge in [0, 0.05) is 36.7 Å². The molecule has 216 valence electrons. The lowest BCUT2D eigenvalue weighted by atomic mass is 9.86. The first-order chi connectivity index (χ1) is 19.9. The van der Waals surface area contributed by atoms with Crippen molar-refractivity contribution < 1.29 is 14.3 Å². The minimum absolute atomic E-state index is 0.0233. The van der Waals surface area contributed by atoms with Crippen LogP contribution in [0, 0.1) is 0 Å². The Kier molecular flexibility index (Phi) is 11.1. The molecule has 1 aliphatic rings. The largest absolute Gasteiger partial charge is 0.369 e. The molecule has 0 aliphatic heterocycles. The van der Waals surface area contributed by atoms with Gasteiger partial charge < -0.3 is 20.7 Å². The highest BCUT2D eigenvalue weighted by Gasteiger charge is 2.37. The molecule has 3 aromatic carbocycles. The zero-order valence-corrected chi connectivity index (χ0v) is 24.8. The second kappa shape index (κ2) is 15.0. The van der Waals surface area contributed by atoms with Crippen molar-refractivity contribution in [1.29, 1.82) is 0 Å². The quantitative estimate of drug-likeness (QED) is 0.241. The first kappa shape index (κ1) is 30.5. The molecule has 0 radical (unpaired) electrons. The van der Waals surface area contributed by atoms with E-state index in [9.17, 15) is 9.59 Å². The Bertz CT molecular complexity index is 1310. The minimum atomic E-state index is -0.438. The van der Waals surface area contributed by atoms with E-state index in [1.54, 1.807) is 0 Å². The maximum absolute atomic E-state index is 13.4. The van der Waals surface area contributed by atoms with E-state index in [2.05, 4.69) is 66.2 Å². The molecule has 4 rings (SSSR count). The van der Waals surface area contributed by atoms with Crippen molar-refractivity contribution in [3.8, 4) is 11.1 Å². The number of ether oxygens (including phenoxy) is 1. The van der Waals surface area contributed by atoms with E-state index in [0.717, 1.165) is 29.5 Å². The molecular weight excluding hydrogens is 534 g/mol. The van der Waals surface area contributed by atoms with E-state index >= 15 is 0 Å². The summed E-state index contributed by atoms with van der Waals surface area (Å²) in [4.78, 5) is 25.6. The van der Waals surface area contributed by atoms with Gasteiger partial charge in [0.15, 0.2) is 0 Å². The normalized spacial score (nSPS) is 18.6. The van der Waals surface area contributed by atoms with E-state index in [1.807, 2.05) is 48.5 Å². The average molecular weight is 574 g/mol. The number of carbonyl (C=O) groups is 2. The summed E-state index contributed by atoms with van der Waals surface area (Å²) in [7, 11) is 0. The lowest BCUT2D eigenvalue weighted by Gasteiger charge is -2.39. The summed E-state index contributed by atoms with van der Waals surface area (Å²) < 4.78 is 6.48. The zero-order chi connectivity index (χ0) is 29.2. The fourth-order valence-corrected chi connectivity index (χ4v) is 5.29. The highest BCUT2D eigenvalue weighted by molar-refractivity contribution is 6.30. The van der Waals surface area contributed by atoms with Crippen molar-refractivity contribution in [2.24, 2.45) is 0 Å². The predicted octanol–water partition coefficient (Wildman–Crippen LogP) is 6.19. The molecule has 3 atom stereocenters. The van der Waals surface area contributed by atoms with Gasteiger partial charge in [-0.25, -0.2) is 0 Å². The van der Waals surface area contributed by atoms with Crippen LogP contribution in [0.2, 0.25) is 5.02 Å². The summed E-state index contributed by atoms with van der Waals surface area (Å²) in [6, 6.07) is 25.6. The van der Waals surface area contributed by atoms with Gasteiger partial charge in [0.2, 0.25) is 11.8 Å². The fourth-order valence-electron chi connectivity index (χ4n) is 5.17. The van der Waals surface area contributed by atoms with Gasteiger partial charge in [-0.05, 0) is 59.7 Å². The predicted molar refractivity (Wildman–Crippen MR) is 165 cm³/mol. The van der Waals surface area contributed by atoms with Crippen molar-refractivity contribution in [1.82, 2.24) is 16.0 Å². The Hall–Kier alpha value is -3.45. The molecule has 0 bridgehead atoms. The standard InChI is InChI=1S/C34H40ClN3O3/c1-4-30(5-2)41-32-20-28(34(40)37-22-25-13-17-29(35)18-14-25)19-31(33(32)38-23(3)39)36-21-24-11-15-27(16-12-24)26-9-7-6-8-10-26/h6-18,20,30-33,36H,4-5,19,21-22H2,1-3H3,(H,37,40)(H,38,39)/t31-,32+,33+/m0/s1. The van der Waals surface area contributed by atoms with Crippen LogP contribution >= 0.6 is 11.6 Å². The van der Waals surface area contributed by atoms with Crippen molar-refractivity contribution in [2.75, 3.05) is 0 Å². The molecule has 7 heteroatoms. The topological polar surface area (TPSA) is 79.5 Å². The summed E-state index contributed by atoms with van der Waals surface area (Å²) in [6.07, 6.45) is 3.63. The second-order valence-electron chi connectivity index (χ2n) is 10.5. The first-order valence-electron chi connectivity index (χ1n) is 14.4. The molecule has 3 aromatic rings. The fraction of sp³-hybridized carbons (Fsp3) is 0.353. The Morgan fingerprint density at radius 3 is 2.12 bits per heavy atom. The monoisotopic (exact) mass is 573 g/mol. The molecule has 0 spiro atoms. The average Bonchev–Trinajstić information content (AvgIpc) is 2.99. The third kappa shape index (κ3) is 8.77. The van der Waals surface area contributed by atoms with Crippen LogP contribution < -0.4 is 16.0 Å². The summed E-state index contributed by atoms with van der Waals surface area (Å²) in [6.45, 7) is 6.68. The zero-order valence-electron chi connectivity index (χ0n) is 24.0. The van der Waals surface area contributed by atoms with Gasteiger partial charge in [-0.1, -0.05) is 92.2 Å². The number of nitrogens with one attached hydrogen (secondary N) is 3. The number of rotatable bonds is 12. The molecule has 0 aromatic heterocycles. The summed E-state index contributed by atoms with van der Waals surface area (Å²) in [5.74, 6) is -0.269. The first-order valence-corrected chi connectivity index (χ1v) is 14.8. The van der Waals surface area contributed by atoms with Gasteiger partial charge in [-0.15, -0.1) is 0 Å². The van der Waals surface area contributed by atoms with Gasteiger partial charge in [0.1, 0.15) is 0 Å². The van der Waals surface area contributed by atoms with Crippen molar-refractivity contribution >= 4 is 23.4 Å². The number of carbonyl (C=O) groups excluding carboxylic acids is 2. The summed E-state index contributed by atoms with van der Waals surface area (Å²) >= 11 is 6.01. The minimum Gasteiger partial charge on any atom is -0.369 e. The number of benzene rings is 3. The maximum atomic E-state index is 13.4. The van der Waals surface area contributed by atoms with Gasteiger partial charge >= 0.3 is 0 Å². The summed E-state index contributed by atoms with van der Waals surface area (Å²) in [5.41, 5.74) is 5.06. The van der Waals surface area contributed by atoms with Gasteiger partial charge in [-0.2, -0.15) is 0 Å². The van der Waals surface area contributed by atoms with E-state index < -0.39 is 6.10 Å². The second-order valence-corrected chi connectivity index (χ2v) is 11.0. The Balaban J connectivity index is 1.51. The smallest absolute Gasteiger partial charge is 0.247 e. The molecule has 1 aliphatic carbocycles. The number of hydrogen-bond donors (Lipinski definition) is 3. The van der Waals surface area contributed by atoms with Crippen LogP contribution in [-0.2, 0) is 27.4 Å². The molecule has 3 N–H and O–H groups in total. The van der Waals surface area contributed by atoms with Gasteiger partial charge in [0.25, 0.3) is 0 Å².